The Morgan fingerprint density at radius 1 is 1.56 bits per heavy atom. The lowest BCUT2D eigenvalue weighted by Gasteiger charge is -2.25. The van der Waals surface area contributed by atoms with Crippen molar-refractivity contribution in [1.82, 2.24) is 15.5 Å². The molecule has 0 spiro atoms. The van der Waals surface area contributed by atoms with Crippen molar-refractivity contribution in [3.8, 4) is 0 Å². The topological polar surface area (TPSA) is 76.2 Å². The molecule has 6 heteroatoms. The zero-order valence-corrected chi connectivity index (χ0v) is 11.4. The first kappa shape index (κ1) is 14.7. The van der Waals surface area contributed by atoms with Crippen LogP contribution in [0.25, 0.3) is 0 Å². The Morgan fingerprint density at radius 3 is 2.89 bits per heavy atom. The molecule has 1 rings (SSSR count). The van der Waals surface area contributed by atoms with Crippen LogP contribution in [-0.4, -0.2) is 42.0 Å². The maximum Gasteiger partial charge on any atom is 0.356 e. The number of aromatic nitrogens is 2. The number of H-pyrrole nitrogens is 1. The number of esters is 1. The van der Waals surface area contributed by atoms with Gasteiger partial charge in [0, 0.05) is 24.8 Å². The lowest BCUT2D eigenvalue weighted by molar-refractivity contribution is 0.0517. The van der Waals surface area contributed by atoms with Crippen LogP contribution < -0.4 is 5.32 Å². The number of carbonyl (C=O) groups excluding carboxylic acids is 1. The molecule has 0 aliphatic rings. The lowest BCUT2D eigenvalue weighted by Crippen LogP contribution is -2.42. The number of nitrogens with zero attached hydrogens (tertiary/aromatic N) is 1. The molecule has 1 aromatic rings. The molecule has 0 bridgehead atoms. The van der Waals surface area contributed by atoms with Gasteiger partial charge in [-0.3, -0.25) is 5.10 Å². The molecule has 0 saturated heterocycles. The van der Waals surface area contributed by atoms with Crippen molar-refractivity contribution < 1.29 is 14.3 Å². The average molecular weight is 255 g/mol. The molecule has 0 aliphatic carbocycles. The molecular weight excluding hydrogens is 234 g/mol. The maximum absolute atomic E-state index is 11.6. The number of aromatic amines is 1. The van der Waals surface area contributed by atoms with Gasteiger partial charge < -0.3 is 14.8 Å². The van der Waals surface area contributed by atoms with Crippen molar-refractivity contribution in [2.24, 2.45) is 0 Å². The van der Waals surface area contributed by atoms with E-state index >= 15 is 0 Å². The van der Waals surface area contributed by atoms with Crippen LogP contribution in [0.5, 0.6) is 0 Å². The van der Waals surface area contributed by atoms with Gasteiger partial charge in [0.2, 0.25) is 0 Å². The molecule has 0 fully saturated rings. The highest BCUT2D eigenvalue weighted by Crippen LogP contribution is 2.09. The quantitative estimate of drug-likeness (QED) is 0.714. The summed E-state index contributed by atoms with van der Waals surface area (Å²) < 4.78 is 10.1. The zero-order valence-electron chi connectivity index (χ0n) is 11.4. The van der Waals surface area contributed by atoms with Crippen molar-refractivity contribution in [2.75, 3.05) is 20.3 Å². The second-order valence-corrected chi connectivity index (χ2v) is 4.66. The minimum atomic E-state index is -0.378. The molecule has 0 saturated carbocycles. The molecule has 1 aromatic heterocycles. The van der Waals surface area contributed by atoms with Gasteiger partial charge in [0.1, 0.15) is 5.69 Å². The van der Waals surface area contributed by atoms with Gasteiger partial charge in [-0.1, -0.05) is 0 Å². The summed E-state index contributed by atoms with van der Waals surface area (Å²) in [6, 6.07) is 0. The highest BCUT2D eigenvalue weighted by molar-refractivity contribution is 5.88. The summed E-state index contributed by atoms with van der Waals surface area (Å²) in [4.78, 5) is 11.6. The third-order valence-electron chi connectivity index (χ3n) is 2.46. The van der Waals surface area contributed by atoms with Crippen LogP contribution in [0.3, 0.4) is 0 Å². The molecule has 2 N–H and O–H groups in total. The summed E-state index contributed by atoms with van der Waals surface area (Å²) in [5.74, 6) is -0.378. The van der Waals surface area contributed by atoms with Crippen molar-refractivity contribution in [3.05, 3.63) is 17.5 Å². The number of nitrogens with one attached hydrogen (secondary N) is 2. The monoisotopic (exact) mass is 255 g/mol. The van der Waals surface area contributed by atoms with Crippen molar-refractivity contribution in [2.45, 2.75) is 32.9 Å². The molecule has 6 nitrogen and oxygen atoms in total. The molecule has 0 atom stereocenters. The zero-order chi connectivity index (χ0) is 13.6. The van der Waals surface area contributed by atoms with E-state index in [4.69, 9.17) is 9.47 Å². The van der Waals surface area contributed by atoms with Gasteiger partial charge >= 0.3 is 5.97 Å². The van der Waals surface area contributed by atoms with Gasteiger partial charge in [0.25, 0.3) is 0 Å². The predicted octanol–water partition coefficient (Wildman–Crippen LogP) is 1.10. The molecule has 0 amide bonds. The van der Waals surface area contributed by atoms with Crippen LogP contribution in [0.2, 0.25) is 0 Å². The summed E-state index contributed by atoms with van der Waals surface area (Å²) in [6.45, 7) is 7.29. The Morgan fingerprint density at radius 2 is 2.28 bits per heavy atom. The molecule has 102 valence electrons. The van der Waals surface area contributed by atoms with Gasteiger partial charge in [-0.15, -0.1) is 0 Å². The third-order valence-corrected chi connectivity index (χ3v) is 2.46. The minimum absolute atomic E-state index is 0.169. The van der Waals surface area contributed by atoms with Crippen LogP contribution in [0.15, 0.2) is 6.20 Å². The summed E-state index contributed by atoms with van der Waals surface area (Å²) in [6.07, 6.45) is 1.63. The Hall–Kier alpha value is -1.40. The van der Waals surface area contributed by atoms with E-state index in [0.717, 1.165) is 5.56 Å². The van der Waals surface area contributed by atoms with E-state index in [2.05, 4.69) is 15.5 Å². The Kier molecular flexibility index (Phi) is 5.30. The lowest BCUT2D eigenvalue weighted by atomic mass is 10.1. The third kappa shape index (κ3) is 4.12. The van der Waals surface area contributed by atoms with Crippen LogP contribution >= 0.6 is 0 Å². The highest BCUT2D eigenvalue weighted by atomic mass is 16.5. The smallest absolute Gasteiger partial charge is 0.356 e. The van der Waals surface area contributed by atoms with Gasteiger partial charge in [0.15, 0.2) is 0 Å². The summed E-state index contributed by atoms with van der Waals surface area (Å²) in [5.41, 5.74) is 1.02. The van der Waals surface area contributed by atoms with Crippen LogP contribution in [-0.2, 0) is 16.0 Å². The van der Waals surface area contributed by atoms with E-state index in [1.807, 2.05) is 13.8 Å². The molecule has 0 radical (unpaired) electrons. The fourth-order valence-electron chi connectivity index (χ4n) is 1.57. The van der Waals surface area contributed by atoms with Crippen LogP contribution in [0.4, 0.5) is 0 Å². The molecule has 0 unspecified atom stereocenters. The van der Waals surface area contributed by atoms with E-state index < -0.39 is 0 Å². The Labute approximate surface area is 107 Å². The maximum atomic E-state index is 11.6. The average Bonchev–Trinajstić information content (AvgIpc) is 2.75. The molecular formula is C12H21N3O3. The standard InChI is InChI=1S/C12H21N3O3/c1-5-18-11(16)10-9(7-14-15-10)6-13-12(2,3)8-17-4/h7,13H,5-6,8H2,1-4H3,(H,14,15). The minimum Gasteiger partial charge on any atom is -0.461 e. The number of hydrogen-bond acceptors (Lipinski definition) is 5. The van der Waals surface area contributed by atoms with Crippen molar-refractivity contribution in [1.29, 1.82) is 0 Å². The van der Waals surface area contributed by atoms with Gasteiger partial charge in [0.05, 0.1) is 19.4 Å². The van der Waals surface area contributed by atoms with Gasteiger partial charge in [-0.05, 0) is 20.8 Å². The van der Waals surface area contributed by atoms with Gasteiger partial charge in [-0.2, -0.15) is 5.10 Å². The molecule has 0 aromatic carbocycles. The van der Waals surface area contributed by atoms with E-state index in [-0.39, 0.29) is 11.5 Å². The highest BCUT2D eigenvalue weighted by Gasteiger charge is 2.20. The SMILES string of the molecule is CCOC(=O)c1[nH]ncc1CNC(C)(C)COC. The largest absolute Gasteiger partial charge is 0.461 e. The van der Waals surface area contributed by atoms with Gasteiger partial charge in [-0.25, -0.2) is 4.79 Å². The molecule has 1 heterocycles. The number of methoxy groups -OCH3 is 1. The second kappa shape index (κ2) is 6.51. The normalized spacial score (nSPS) is 11.6. The van der Waals surface area contributed by atoms with E-state index in [1.165, 1.54) is 0 Å². The Bertz CT molecular complexity index is 388. The van der Waals surface area contributed by atoms with Crippen LogP contribution in [0.1, 0.15) is 36.8 Å². The molecule has 0 aliphatic heterocycles. The first-order valence-corrected chi connectivity index (χ1v) is 5.93. The van der Waals surface area contributed by atoms with Crippen molar-refractivity contribution >= 4 is 5.97 Å². The first-order chi connectivity index (χ1) is 8.50. The number of ether oxygens (including phenoxy) is 2. The predicted molar refractivity (Wildman–Crippen MR) is 67.3 cm³/mol. The number of rotatable bonds is 7. The fraction of sp³-hybridized carbons (Fsp3) is 0.667. The van der Waals surface area contributed by atoms with E-state index in [1.54, 1.807) is 20.2 Å². The van der Waals surface area contributed by atoms with E-state index in [9.17, 15) is 4.79 Å². The fourth-order valence-corrected chi connectivity index (χ4v) is 1.57. The van der Waals surface area contributed by atoms with Crippen LogP contribution in [0, 0.1) is 0 Å². The molecule has 18 heavy (non-hydrogen) atoms. The second-order valence-electron chi connectivity index (χ2n) is 4.66. The summed E-state index contributed by atoms with van der Waals surface area (Å²) >= 11 is 0. The summed E-state index contributed by atoms with van der Waals surface area (Å²) in [5, 5.41) is 9.84. The Balaban J connectivity index is 2.63. The number of carbonyl (C=O) groups is 1. The number of hydrogen-bond donors (Lipinski definition) is 2. The van der Waals surface area contributed by atoms with E-state index in [0.29, 0.717) is 25.5 Å². The van der Waals surface area contributed by atoms with Crippen molar-refractivity contribution in [3.63, 3.8) is 0 Å². The summed E-state index contributed by atoms with van der Waals surface area (Å²) in [7, 11) is 1.66. The first-order valence-electron chi connectivity index (χ1n) is 5.93.